The number of imide groups is 1. The van der Waals surface area contributed by atoms with Gasteiger partial charge in [-0.15, -0.1) is 12.4 Å². The minimum Gasteiger partial charge on any atom is -0.480 e. The van der Waals surface area contributed by atoms with Gasteiger partial charge in [0.05, 0.1) is 17.7 Å². The lowest BCUT2D eigenvalue weighted by Gasteiger charge is -2.20. The van der Waals surface area contributed by atoms with Gasteiger partial charge < -0.3 is 10.4 Å². The van der Waals surface area contributed by atoms with Gasteiger partial charge in [0, 0.05) is 12.7 Å². The summed E-state index contributed by atoms with van der Waals surface area (Å²) in [4.78, 5) is 48.9. The highest BCUT2D eigenvalue weighted by Crippen LogP contribution is 2.24. The van der Waals surface area contributed by atoms with E-state index in [2.05, 4.69) is 5.32 Å². The van der Waals surface area contributed by atoms with Crippen molar-refractivity contribution in [1.29, 1.82) is 0 Å². The first-order chi connectivity index (χ1) is 10.7. The molecule has 0 saturated carbocycles. The average Bonchev–Trinajstić information content (AvgIpc) is 2.70. The number of fused-ring (bicyclic) bond motifs is 1. The summed E-state index contributed by atoms with van der Waals surface area (Å²) in [6.07, 6.45) is 0. The van der Waals surface area contributed by atoms with Crippen LogP contribution < -0.4 is 5.32 Å². The van der Waals surface area contributed by atoms with Gasteiger partial charge in [0.1, 0.15) is 6.04 Å². The van der Waals surface area contributed by atoms with E-state index in [1.54, 1.807) is 0 Å². The zero-order valence-electron chi connectivity index (χ0n) is 13.4. The molecule has 0 saturated heterocycles. The van der Waals surface area contributed by atoms with E-state index < -0.39 is 23.8 Å². The molecule has 1 heterocycles. The van der Waals surface area contributed by atoms with E-state index >= 15 is 0 Å². The van der Waals surface area contributed by atoms with Crippen molar-refractivity contribution in [2.45, 2.75) is 13.0 Å². The van der Waals surface area contributed by atoms with Crippen molar-refractivity contribution in [3.63, 3.8) is 0 Å². The zero-order valence-corrected chi connectivity index (χ0v) is 14.2. The maximum atomic E-state index is 12.0. The maximum Gasteiger partial charge on any atom is 0.320 e. The van der Waals surface area contributed by atoms with Crippen LogP contribution in [0, 0.1) is 0 Å². The Morgan fingerprint density at radius 2 is 1.83 bits per heavy atom. The minimum absolute atomic E-state index is 0. The topological polar surface area (TPSA) is 107 Å². The van der Waals surface area contributed by atoms with Gasteiger partial charge in [-0.2, -0.15) is 0 Å². The van der Waals surface area contributed by atoms with Crippen LogP contribution in [0.1, 0.15) is 27.6 Å². The summed E-state index contributed by atoms with van der Waals surface area (Å²) in [5, 5.41) is 11.5. The lowest BCUT2D eigenvalue weighted by molar-refractivity contribution is -0.142. The summed E-state index contributed by atoms with van der Waals surface area (Å²) in [6.45, 7) is 1.36. The molecule has 8 nitrogen and oxygen atoms in total. The zero-order chi connectivity index (χ0) is 17.3. The van der Waals surface area contributed by atoms with Gasteiger partial charge in [-0.25, -0.2) is 0 Å². The highest BCUT2D eigenvalue weighted by Gasteiger charge is 2.32. The third-order valence-corrected chi connectivity index (χ3v) is 3.78. The third kappa shape index (κ3) is 3.72. The molecule has 1 atom stereocenters. The maximum absolute atomic E-state index is 12.0. The molecular formula is C15H18ClN3O5. The Labute approximate surface area is 144 Å². The summed E-state index contributed by atoms with van der Waals surface area (Å²) in [5.41, 5.74) is 0.913. The van der Waals surface area contributed by atoms with Gasteiger partial charge in [0.25, 0.3) is 11.8 Å². The van der Waals surface area contributed by atoms with Crippen LogP contribution in [0.3, 0.4) is 0 Å². The molecule has 24 heavy (non-hydrogen) atoms. The molecule has 0 aliphatic carbocycles. The number of likely N-dealkylation sites (N-methyl/N-ethyl adjacent to an activating group) is 1. The first-order valence-electron chi connectivity index (χ1n) is 6.91. The van der Waals surface area contributed by atoms with Crippen LogP contribution in [-0.4, -0.2) is 65.3 Å². The fraction of sp³-hybridized carbons (Fsp3) is 0.333. The number of benzene rings is 1. The number of carboxylic acids is 1. The van der Waals surface area contributed by atoms with E-state index in [1.807, 2.05) is 0 Å². The summed E-state index contributed by atoms with van der Waals surface area (Å²) >= 11 is 0. The summed E-state index contributed by atoms with van der Waals surface area (Å²) in [6, 6.07) is 3.66. The standard InChI is InChI=1S/C15H17N3O5.ClH/c1-8(15(22)23)17(2)7-12(19)16-9-4-5-10-11(6-9)14(21)18(3)13(10)20;/h4-6,8H,7H2,1-3H3,(H,16,19)(H,22,23);1H. The van der Waals surface area contributed by atoms with Crippen molar-refractivity contribution in [3.05, 3.63) is 29.3 Å². The predicted octanol–water partition coefficient (Wildman–Crippen LogP) is 0.678. The molecule has 3 amide bonds. The summed E-state index contributed by atoms with van der Waals surface area (Å²) in [5.74, 6) is -2.23. The Hall–Kier alpha value is -2.45. The third-order valence-electron chi connectivity index (χ3n) is 3.78. The quantitative estimate of drug-likeness (QED) is 0.752. The van der Waals surface area contributed by atoms with Gasteiger partial charge in [0.2, 0.25) is 5.91 Å². The van der Waals surface area contributed by atoms with Crippen LogP contribution in [0.15, 0.2) is 18.2 Å². The van der Waals surface area contributed by atoms with Crippen molar-refractivity contribution in [1.82, 2.24) is 9.80 Å². The highest BCUT2D eigenvalue weighted by atomic mass is 35.5. The first-order valence-corrected chi connectivity index (χ1v) is 6.91. The Kier molecular flexibility index (Phi) is 6.05. The van der Waals surface area contributed by atoms with Crippen molar-refractivity contribution >= 4 is 41.8 Å². The molecule has 0 radical (unpaired) electrons. The van der Waals surface area contributed by atoms with Crippen molar-refractivity contribution in [2.24, 2.45) is 0 Å². The number of nitrogens with zero attached hydrogens (tertiary/aromatic N) is 2. The second-order valence-corrected chi connectivity index (χ2v) is 5.41. The SMILES string of the molecule is CC(C(=O)O)N(C)CC(=O)Nc1ccc2c(c1)C(=O)N(C)C2=O.Cl. The van der Waals surface area contributed by atoms with Crippen LogP contribution in [0.4, 0.5) is 5.69 Å². The first kappa shape index (κ1) is 19.6. The largest absolute Gasteiger partial charge is 0.480 e. The Morgan fingerprint density at radius 1 is 1.25 bits per heavy atom. The second-order valence-electron chi connectivity index (χ2n) is 5.41. The molecular weight excluding hydrogens is 338 g/mol. The van der Waals surface area contributed by atoms with E-state index in [4.69, 9.17) is 5.11 Å². The summed E-state index contributed by atoms with van der Waals surface area (Å²) in [7, 11) is 2.92. The van der Waals surface area contributed by atoms with E-state index in [9.17, 15) is 19.2 Å². The number of rotatable bonds is 5. The molecule has 0 fully saturated rings. The van der Waals surface area contributed by atoms with Gasteiger partial charge in [-0.3, -0.25) is 29.0 Å². The number of hydrogen-bond donors (Lipinski definition) is 2. The molecule has 130 valence electrons. The van der Waals surface area contributed by atoms with Crippen molar-refractivity contribution < 1.29 is 24.3 Å². The average molecular weight is 356 g/mol. The van der Waals surface area contributed by atoms with Gasteiger partial charge in [-0.1, -0.05) is 0 Å². The number of carbonyl (C=O) groups is 4. The van der Waals surface area contributed by atoms with E-state index in [1.165, 1.54) is 44.1 Å². The number of amides is 3. The molecule has 1 aliphatic rings. The van der Waals surface area contributed by atoms with Crippen molar-refractivity contribution in [3.8, 4) is 0 Å². The van der Waals surface area contributed by atoms with Gasteiger partial charge in [-0.05, 0) is 32.2 Å². The Morgan fingerprint density at radius 3 is 2.42 bits per heavy atom. The van der Waals surface area contributed by atoms with E-state index in [0.29, 0.717) is 11.3 Å². The normalized spacial score (nSPS) is 14.2. The molecule has 1 aliphatic heterocycles. The number of anilines is 1. The molecule has 0 spiro atoms. The molecule has 1 unspecified atom stereocenters. The van der Waals surface area contributed by atoms with Crippen LogP contribution in [0.25, 0.3) is 0 Å². The molecule has 2 rings (SSSR count). The number of carbonyl (C=O) groups excluding carboxylic acids is 3. The highest BCUT2D eigenvalue weighted by molar-refractivity contribution is 6.21. The molecule has 0 bridgehead atoms. The molecule has 0 aromatic heterocycles. The fourth-order valence-corrected chi connectivity index (χ4v) is 2.19. The van der Waals surface area contributed by atoms with Crippen LogP contribution in [0.2, 0.25) is 0 Å². The monoisotopic (exact) mass is 355 g/mol. The van der Waals surface area contributed by atoms with Gasteiger partial charge >= 0.3 is 5.97 Å². The lowest BCUT2D eigenvalue weighted by atomic mass is 10.1. The molecule has 1 aromatic rings. The fourth-order valence-electron chi connectivity index (χ4n) is 2.19. The van der Waals surface area contributed by atoms with E-state index in [-0.39, 0.29) is 30.4 Å². The molecule has 1 aromatic carbocycles. The van der Waals surface area contributed by atoms with E-state index in [0.717, 1.165) is 4.90 Å². The number of hydrogen-bond acceptors (Lipinski definition) is 5. The van der Waals surface area contributed by atoms with Crippen molar-refractivity contribution in [2.75, 3.05) is 26.0 Å². The molecule has 2 N–H and O–H groups in total. The van der Waals surface area contributed by atoms with Crippen LogP contribution in [0.5, 0.6) is 0 Å². The number of halogens is 1. The van der Waals surface area contributed by atoms with Crippen LogP contribution >= 0.6 is 12.4 Å². The summed E-state index contributed by atoms with van der Waals surface area (Å²) < 4.78 is 0. The number of nitrogens with one attached hydrogen (secondary N) is 1. The number of aliphatic carboxylic acids is 1. The number of carboxylic acid groups (broad SMARTS) is 1. The van der Waals surface area contributed by atoms with Gasteiger partial charge in [0.15, 0.2) is 0 Å². The molecule has 9 heteroatoms. The smallest absolute Gasteiger partial charge is 0.320 e. The second kappa shape index (κ2) is 7.41. The minimum atomic E-state index is -1.02. The van der Waals surface area contributed by atoms with Crippen LogP contribution in [-0.2, 0) is 9.59 Å². The Bertz CT molecular complexity index is 706. The lowest BCUT2D eigenvalue weighted by Crippen LogP contribution is -2.40. The Balaban J connectivity index is 0.00000288. The predicted molar refractivity (Wildman–Crippen MR) is 88.5 cm³/mol.